The monoisotopic (exact) mass is 403 g/mol. The molecule has 0 fully saturated rings. The number of carbonyl (C=O) groups is 1. The van der Waals surface area contributed by atoms with Crippen molar-refractivity contribution in [1.82, 2.24) is 10.2 Å². The molecule has 0 aliphatic rings. The number of hydrogen-bond donors (Lipinski definition) is 1. The lowest BCUT2D eigenvalue weighted by Crippen LogP contribution is -2.12. The molecular weight excluding hydrogens is 386 g/mol. The highest BCUT2D eigenvalue weighted by atomic mass is 35.5. The zero-order chi connectivity index (χ0) is 20.1. The second-order valence-corrected chi connectivity index (χ2v) is 6.04. The molecule has 2 aromatic heterocycles. The molecule has 1 N–H and O–H groups in total. The van der Waals surface area contributed by atoms with Crippen LogP contribution in [0.5, 0.6) is 17.2 Å². The summed E-state index contributed by atoms with van der Waals surface area (Å²) in [6.45, 7) is 0. The van der Waals surface area contributed by atoms with Crippen molar-refractivity contribution in [2.75, 3.05) is 26.6 Å². The zero-order valence-electron chi connectivity index (χ0n) is 15.5. The molecule has 2 heterocycles. The van der Waals surface area contributed by atoms with Gasteiger partial charge in [-0.15, -0.1) is 10.2 Å². The lowest BCUT2D eigenvalue weighted by atomic mass is 10.1. The van der Waals surface area contributed by atoms with Crippen LogP contribution in [-0.2, 0) is 6.42 Å². The molecule has 3 aromatic rings. The quantitative estimate of drug-likeness (QED) is 0.643. The topological polar surface area (TPSA) is 95.7 Å². The predicted octanol–water partition coefficient (Wildman–Crippen LogP) is 3.59. The fraction of sp³-hybridized carbons (Fsp3) is 0.211. The zero-order valence-corrected chi connectivity index (χ0v) is 16.2. The average molecular weight is 404 g/mol. The number of amides is 1. The number of benzene rings is 1. The van der Waals surface area contributed by atoms with Crippen LogP contribution in [0.4, 0.5) is 5.82 Å². The Balaban J connectivity index is 1.79. The minimum atomic E-state index is -0.448. The van der Waals surface area contributed by atoms with Crippen LogP contribution in [0.15, 0.2) is 40.8 Å². The highest BCUT2D eigenvalue weighted by Gasteiger charge is 2.18. The van der Waals surface area contributed by atoms with Gasteiger partial charge in [-0.05, 0) is 24.3 Å². The van der Waals surface area contributed by atoms with E-state index in [4.69, 9.17) is 30.2 Å². The summed E-state index contributed by atoms with van der Waals surface area (Å²) in [6, 6.07) is 9.88. The van der Waals surface area contributed by atoms with Gasteiger partial charge in [0.25, 0.3) is 5.91 Å². The Morgan fingerprint density at radius 2 is 1.75 bits per heavy atom. The van der Waals surface area contributed by atoms with Gasteiger partial charge >= 0.3 is 0 Å². The second kappa shape index (κ2) is 8.62. The molecule has 0 saturated heterocycles. The summed E-state index contributed by atoms with van der Waals surface area (Å²) >= 11 is 5.68. The van der Waals surface area contributed by atoms with Crippen LogP contribution in [0.1, 0.15) is 21.9 Å². The molecule has 3 rings (SSSR count). The highest BCUT2D eigenvalue weighted by molar-refractivity contribution is 6.29. The molecule has 0 aliphatic heterocycles. The second-order valence-electron chi connectivity index (χ2n) is 5.65. The molecule has 28 heavy (non-hydrogen) atoms. The van der Waals surface area contributed by atoms with Crippen molar-refractivity contribution in [3.8, 4) is 17.2 Å². The van der Waals surface area contributed by atoms with E-state index in [0.717, 1.165) is 5.56 Å². The lowest BCUT2D eigenvalue weighted by molar-refractivity contribution is 0.0994. The van der Waals surface area contributed by atoms with Crippen LogP contribution in [0, 0.1) is 0 Å². The van der Waals surface area contributed by atoms with Gasteiger partial charge in [-0.25, -0.2) is 0 Å². The number of rotatable bonds is 7. The summed E-state index contributed by atoms with van der Waals surface area (Å²) in [5.41, 5.74) is 0.774. The number of anilines is 1. The van der Waals surface area contributed by atoms with E-state index in [1.165, 1.54) is 6.07 Å². The van der Waals surface area contributed by atoms with Crippen LogP contribution >= 0.6 is 11.6 Å². The summed E-state index contributed by atoms with van der Waals surface area (Å²) in [7, 11) is 4.69. The van der Waals surface area contributed by atoms with Gasteiger partial charge in [0.15, 0.2) is 16.7 Å². The Morgan fingerprint density at radius 3 is 2.32 bits per heavy atom. The molecule has 146 valence electrons. The summed E-state index contributed by atoms with van der Waals surface area (Å²) in [4.78, 5) is 12.3. The number of hydrogen-bond acceptors (Lipinski definition) is 7. The first kappa shape index (κ1) is 19.5. The molecule has 0 spiro atoms. The van der Waals surface area contributed by atoms with E-state index in [9.17, 15) is 4.79 Å². The fourth-order valence-electron chi connectivity index (χ4n) is 2.58. The van der Waals surface area contributed by atoms with Crippen molar-refractivity contribution in [1.29, 1.82) is 0 Å². The van der Waals surface area contributed by atoms with Crippen LogP contribution in [-0.4, -0.2) is 37.4 Å². The summed E-state index contributed by atoms with van der Waals surface area (Å²) in [6.07, 6.45) is 0.365. The van der Waals surface area contributed by atoms with E-state index in [2.05, 4.69) is 15.5 Å². The van der Waals surface area contributed by atoms with Gasteiger partial charge in [0.1, 0.15) is 23.0 Å². The number of aromatic nitrogens is 2. The number of ether oxygens (including phenoxy) is 3. The van der Waals surface area contributed by atoms with Crippen LogP contribution in [0.25, 0.3) is 0 Å². The van der Waals surface area contributed by atoms with E-state index < -0.39 is 5.91 Å². The summed E-state index contributed by atoms with van der Waals surface area (Å²) in [5, 5.41) is 10.3. The Labute approximate surface area is 166 Å². The molecule has 8 nitrogen and oxygen atoms in total. The molecular formula is C19H18ClN3O5. The van der Waals surface area contributed by atoms with E-state index in [1.54, 1.807) is 51.7 Å². The van der Waals surface area contributed by atoms with Gasteiger partial charge < -0.3 is 23.9 Å². The van der Waals surface area contributed by atoms with E-state index in [0.29, 0.717) is 29.4 Å². The Bertz CT molecular complexity index is 947. The van der Waals surface area contributed by atoms with Crippen molar-refractivity contribution in [2.24, 2.45) is 0 Å². The van der Waals surface area contributed by atoms with Crippen molar-refractivity contribution in [3.63, 3.8) is 0 Å². The van der Waals surface area contributed by atoms with Gasteiger partial charge in [0.05, 0.1) is 21.3 Å². The molecule has 1 aromatic carbocycles. The van der Waals surface area contributed by atoms with Gasteiger partial charge in [-0.3, -0.25) is 4.79 Å². The largest absolute Gasteiger partial charge is 0.496 e. The summed E-state index contributed by atoms with van der Waals surface area (Å²) < 4.78 is 21.8. The van der Waals surface area contributed by atoms with Gasteiger partial charge in [-0.1, -0.05) is 11.6 Å². The molecule has 0 unspecified atom stereocenters. The third kappa shape index (κ3) is 4.34. The average Bonchev–Trinajstić information content (AvgIpc) is 3.18. The Hall–Kier alpha value is -3.26. The number of methoxy groups -OCH3 is 3. The standard InChI is InChI=1S/C19H18ClN3O5/c1-25-12-9-15(26-2)13(16(10-12)27-3)8-11-4-5-14(28-11)19(24)21-18-7-6-17(20)22-23-18/h4-7,9-10H,8H2,1-3H3,(H,21,23,24). The Morgan fingerprint density at radius 1 is 1.04 bits per heavy atom. The minimum absolute atomic E-state index is 0.137. The van der Waals surface area contributed by atoms with Crippen molar-refractivity contribution in [3.05, 3.63) is 58.6 Å². The smallest absolute Gasteiger partial charge is 0.292 e. The van der Waals surface area contributed by atoms with Gasteiger partial charge in [0.2, 0.25) is 0 Å². The van der Waals surface area contributed by atoms with Gasteiger partial charge in [0, 0.05) is 24.1 Å². The Kier molecular flexibility index (Phi) is 6.00. The lowest BCUT2D eigenvalue weighted by Gasteiger charge is -2.14. The van der Waals surface area contributed by atoms with Crippen molar-refractivity contribution in [2.45, 2.75) is 6.42 Å². The molecule has 1 amide bonds. The number of nitrogens with zero attached hydrogens (tertiary/aromatic N) is 2. The number of halogens is 1. The first-order valence-electron chi connectivity index (χ1n) is 8.22. The maximum atomic E-state index is 12.3. The normalized spacial score (nSPS) is 10.4. The number of nitrogens with one attached hydrogen (secondary N) is 1. The molecule has 0 bridgehead atoms. The van der Waals surface area contributed by atoms with Crippen LogP contribution in [0.2, 0.25) is 5.15 Å². The minimum Gasteiger partial charge on any atom is -0.496 e. The maximum absolute atomic E-state index is 12.3. The van der Waals surface area contributed by atoms with Crippen molar-refractivity contribution >= 4 is 23.3 Å². The molecule has 0 atom stereocenters. The number of furan rings is 1. The van der Waals surface area contributed by atoms with E-state index >= 15 is 0 Å². The first-order chi connectivity index (χ1) is 13.5. The van der Waals surface area contributed by atoms with Crippen LogP contribution < -0.4 is 19.5 Å². The molecule has 0 saturated carbocycles. The SMILES string of the molecule is COc1cc(OC)c(Cc2ccc(C(=O)Nc3ccc(Cl)nn3)o2)c(OC)c1. The third-order valence-electron chi connectivity index (χ3n) is 3.93. The molecule has 9 heteroatoms. The maximum Gasteiger partial charge on any atom is 0.292 e. The van der Waals surface area contributed by atoms with Crippen LogP contribution in [0.3, 0.4) is 0 Å². The van der Waals surface area contributed by atoms with E-state index in [-0.39, 0.29) is 16.7 Å². The third-order valence-corrected chi connectivity index (χ3v) is 4.13. The van der Waals surface area contributed by atoms with E-state index in [1.807, 2.05) is 0 Å². The first-order valence-corrected chi connectivity index (χ1v) is 8.60. The van der Waals surface area contributed by atoms with Crippen molar-refractivity contribution < 1.29 is 23.4 Å². The van der Waals surface area contributed by atoms with Gasteiger partial charge in [-0.2, -0.15) is 0 Å². The number of carbonyl (C=O) groups excluding carboxylic acids is 1. The molecule has 0 aliphatic carbocycles. The fourth-order valence-corrected chi connectivity index (χ4v) is 2.68. The predicted molar refractivity (Wildman–Crippen MR) is 103 cm³/mol. The summed E-state index contributed by atoms with van der Waals surface area (Å²) in [5.74, 6) is 2.32. The highest BCUT2D eigenvalue weighted by Crippen LogP contribution is 2.35. The molecule has 0 radical (unpaired) electrons.